The second kappa shape index (κ2) is 14.8. The minimum Gasteiger partial charge on any atom is -0.374 e. The van der Waals surface area contributed by atoms with Crippen molar-refractivity contribution in [1.29, 1.82) is 0 Å². The average Bonchev–Trinajstić information content (AvgIpc) is 2.96. The lowest BCUT2D eigenvalue weighted by molar-refractivity contribution is -0.217. The van der Waals surface area contributed by atoms with Crippen molar-refractivity contribution in [3.63, 3.8) is 0 Å². The van der Waals surface area contributed by atoms with Gasteiger partial charge in [-0.25, -0.2) is 0 Å². The molecule has 0 amide bonds. The molecular weight excluding hydrogens is 518 g/mol. The van der Waals surface area contributed by atoms with Gasteiger partial charge in [0.15, 0.2) is 0 Å². The summed E-state index contributed by atoms with van der Waals surface area (Å²) in [7, 11) is -1.73. The Bertz CT molecular complexity index is 1290. The van der Waals surface area contributed by atoms with E-state index < -0.39 is 38.5 Å². The number of nitrogens with zero attached hydrogens (tertiary/aromatic N) is 3. The lowest BCUT2D eigenvalue weighted by atomic mass is 9.93. The molecule has 1 aliphatic heterocycles. The van der Waals surface area contributed by atoms with Gasteiger partial charge in [-0.15, -0.1) is 5.54 Å². The van der Waals surface area contributed by atoms with Crippen molar-refractivity contribution < 1.29 is 18.9 Å². The van der Waals surface area contributed by atoms with E-state index in [0.29, 0.717) is 19.8 Å². The van der Waals surface area contributed by atoms with Crippen molar-refractivity contribution in [3.8, 4) is 11.5 Å². The summed E-state index contributed by atoms with van der Waals surface area (Å²) in [6.45, 7) is 7.90. The van der Waals surface area contributed by atoms with Gasteiger partial charge in [0.05, 0.1) is 32.5 Å². The molecule has 1 saturated heterocycles. The standard InChI is InChI=1S/C32H37N3O4Si/c1-40(2,3)20-19-28-30(34-35-33)32(38-23-27-17-11-6-12-18-27)31(37-22-26-15-9-5-10-16-26)29(39-28)24-36-21-25-13-7-4-8-14-25/h4-18,28-32H,21-24H2,1-3H3/t28-,29+,30-,31-,32+/m0/s1. The summed E-state index contributed by atoms with van der Waals surface area (Å²) in [4.78, 5) is 3.16. The lowest BCUT2D eigenvalue weighted by Crippen LogP contribution is -2.59. The number of azide groups is 1. The number of benzene rings is 3. The molecule has 0 unspecified atom stereocenters. The van der Waals surface area contributed by atoms with Crippen molar-refractivity contribution in [3.05, 3.63) is 118 Å². The highest BCUT2D eigenvalue weighted by Gasteiger charge is 2.47. The van der Waals surface area contributed by atoms with Crippen LogP contribution in [0.3, 0.4) is 0 Å². The third kappa shape index (κ3) is 9.07. The molecule has 0 N–H and O–H groups in total. The first-order valence-electron chi connectivity index (χ1n) is 13.6. The molecule has 1 aliphatic rings. The van der Waals surface area contributed by atoms with Crippen LogP contribution in [0, 0.1) is 11.5 Å². The largest absolute Gasteiger partial charge is 0.374 e. The van der Waals surface area contributed by atoms with Crippen LogP contribution in [0.2, 0.25) is 19.6 Å². The van der Waals surface area contributed by atoms with E-state index >= 15 is 0 Å². The second-order valence-electron chi connectivity index (χ2n) is 10.8. The summed E-state index contributed by atoms with van der Waals surface area (Å²) in [5, 5.41) is 4.15. The van der Waals surface area contributed by atoms with E-state index in [-0.39, 0.29) is 6.61 Å². The molecule has 8 heteroatoms. The molecule has 0 spiro atoms. The maximum absolute atomic E-state index is 9.54. The summed E-state index contributed by atoms with van der Waals surface area (Å²) >= 11 is 0. The molecule has 7 nitrogen and oxygen atoms in total. The van der Waals surface area contributed by atoms with Crippen molar-refractivity contribution in [2.75, 3.05) is 6.61 Å². The van der Waals surface area contributed by atoms with Gasteiger partial charge < -0.3 is 18.9 Å². The van der Waals surface area contributed by atoms with Gasteiger partial charge in [-0.2, -0.15) is 0 Å². The first-order valence-corrected chi connectivity index (χ1v) is 17.1. The van der Waals surface area contributed by atoms with E-state index in [9.17, 15) is 5.53 Å². The fourth-order valence-electron chi connectivity index (χ4n) is 4.45. The van der Waals surface area contributed by atoms with Crippen LogP contribution in [-0.2, 0) is 38.8 Å². The van der Waals surface area contributed by atoms with Crippen molar-refractivity contribution >= 4 is 8.07 Å². The summed E-state index contributed by atoms with van der Waals surface area (Å²) in [5.74, 6) is 3.29. The van der Waals surface area contributed by atoms with Gasteiger partial charge in [0.1, 0.15) is 32.4 Å². The topological polar surface area (TPSA) is 85.7 Å². The first-order chi connectivity index (χ1) is 19.4. The molecular formula is C32H37N3O4Si. The molecule has 0 saturated carbocycles. The van der Waals surface area contributed by atoms with Crippen LogP contribution in [0.15, 0.2) is 96.1 Å². The molecule has 40 heavy (non-hydrogen) atoms. The molecule has 0 bridgehead atoms. The fraction of sp³-hybridized carbons (Fsp3) is 0.375. The van der Waals surface area contributed by atoms with Gasteiger partial charge in [0.2, 0.25) is 0 Å². The number of ether oxygens (including phenoxy) is 4. The van der Waals surface area contributed by atoms with Crippen molar-refractivity contribution in [2.45, 2.75) is 69.9 Å². The van der Waals surface area contributed by atoms with Gasteiger partial charge in [-0.3, -0.25) is 0 Å². The Kier molecular flexibility index (Phi) is 11.0. The quantitative estimate of drug-likeness (QED) is 0.0866. The number of hydrogen-bond donors (Lipinski definition) is 0. The highest BCUT2D eigenvalue weighted by atomic mass is 28.3. The Morgan fingerprint density at radius 3 is 1.77 bits per heavy atom. The SMILES string of the molecule is C[Si](C)(C)C#C[C@@H]1O[C@H](COCc2ccccc2)[C@H](OCc2ccccc2)[C@H](OCc2ccccc2)[C@H]1N=[N+]=[N-]. The molecule has 0 radical (unpaired) electrons. The summed E-state index contributed by atoms with van der Waals surface area (Å²) in [6.07, 6.45) is -2.29. The minimum atomic E-state index is -1.73. The highest BCUT2D eigenvalue weighted by Crippen LogP contribution is 2.30. The Labute approximate surface area is 238 Å². The van der Waals surface area contributed by atoms with E-state index in [1.165, 1.54) is 0 Å². The Balaban J connectivity index is 1.63. The van der Waals surface area contributed by atoms with Crippen molar-refractivity contribution in [2.24, 2.45) is 5.11 Å². The smallest absolute Gasteiger partial charge is 0.129 e. The van der Waals surface area contributed by atoms with E-state index in [0.717, 1.165) is 16.7 Å². The normalized spacial score (nSPS) is 22.5. The molecule has 5 atom stereocenters. The molecule has 0 aliphatic carbocycles. The van der Waals surface area contributed by atoms with E-state index in [4.69, 9.17) is 18.9 Å². The van der Waals surface area contributed by atoms with Crippen LogP contribution in [0.4, 0.5) is 0 Å². The highest BCUT2D eigenvalue weighted by molar-refractivity contribution is 6.83. The lowest BCUT2D eigenvalue weighted by Gasteiger charge is -2.43. The van der Waals surface area contributed by atoms with Crippen LogP contribution >= 0.6 is 0 Å². The first kappa shape index (κ1) is 29.6. The molecule has 3 aromatic carbocycles. The maximum atomic E-state index is 9.54. The Hall–Kier alpha value is -3.41. The second-order valence-corrected chi connectivity index (χ2v) is 15.6. The number of rotatable bonds is 11. The monoisotopic (exact) mass is 555 g/mol. The van der Waals surface area contributed by atoms with E-state index in [1.807, 2.05) is 91.0 Å². The fourth-order valence-corrected chi connectivity index (χ4v) is 5.02. The Morgan fingerprint density at radius 2 is 1.27 bits per heavy atom. The molecule has 3 aromatic rings. The zero-order valence-electron chi connectivity index (χ0n) is 23.4. The molecule has 4 rings (SSSR count). The third-order valence-electron chi connectivity index (χ3n) is 6.40. The van der Waals surface area contributed by atoms with Gasteiger partial charge >= 0.3 is 0 Å². The summed E-state index contributed by atoms with van der Waals surface area (Å²) in [5.41, 5.74) is 16.0. The van der Waals surface area contributed by atoms with Crippen LogP contribution in [0.25, 0.3) is 10.4 Å². The molecule has 1 heterocycles. The predicted molar refractivity (Wildman–Crippen MR) is 159 cm³/mol. The van der Waals surface area contributed by atoms with Gasteiger partial charge in [0.25, 0.3) is 0 Å². The van der Waals surface area contributed by atoms with Crippen LogP contribution in [-0.4, -0.2) is 45.1 Å². The third-order valence-corrected chi connectivity index (χ3v) is 7.29. The zero-order valence-corrected chi connectivity index (χ0v) is 24.4. The molecule has 1 fully saturated rings. The zero-order chi connectivity index (χ0) is 28.2. The maximum Gasteiger partial charge on any atom is 0.129 e. The predicted octanol–water partition coefficient (Wildman–Crippen LogP) is 6.70. The van der Waals surface area contributed by atoms with E-state index in [1.54, 1.807) is 0 Å². The van der Waals surface area contributed by atoms with Gasteiger partial charge in [0, 0.05) is 4.91 Å². The minimum absolute atomic E-state index is 0.271. The van der Waals surface area contributed by atoms with Gasteiger partial charge in [-0.1, -0.05) is 122 Å². The van der Waals surface area contributed by atoms with E-state index in [2.05, 4.69) is 41.1 Å². The average molecular weight is 556 g/mol. The van der Waals surface area contributed by atoms with Crippen molar-refractivity contribution in [1.82, 2.24) is 0 Å². The summed E-state index contributed by atoms with van der Waals surface area (Å²) in [6, 6.07) is 29.2. The molecule has 0 aromatic heterocycles. The summed E-state index contributed by atoms with van der Waals surface area (Å²) < 4.78 is 25.7. The van der Waals surface area contributed by atoms with Crippen LogP contribution < -0.4 is 0 Å². The van der Waals surface area contributed by atoms with Crippen LogP contribution in [0.5, 0.6) is 0 Å². The molecule has 208 valence electrons. The van der Waals surface area contributed by atoms with Crippen LogP contribution in [0.1, 0.15) is 16.7 Å². The Morgan fingerprint density at radius 1 is 0.775 bits per heavy atom. The van der Waals surface area contributed by atoms with Gasteiger partial charge in [-0.05, 0) is 22.2 Å². The number of hydrogen-bond acceptors (Lipinski definition) is 5.